The van der Waals surface area contributed by atoms with Crippen LogP contribution in [0.1, 0.15) is 16.8 Å². The molecule has 0 fully saturated rings. The maximum atomic E-state index is 12.3. The SMILES string of the molecule is O=C(COc1ccc2ccccc2c1)Nc1nc(CN2CCc3ccccc3C2)cs1. The van der Waals surface area contributed by atoms with Crippen LogP contribution in [0.3, 0.4) is 0 Å². The molecule has 1 aliphatic heterocycles. The Kier molecular flexibility index (Phi) is 5.65. The quantitative estimate of drug-likeness (QED) is 0.475. The summed E-state index contributed by atoms with van der Waals surface area (Å²) in [5, 5.41) is 7.71. The molecule has 0 atom stereocenters. The third-order valence-corrected chi connectivity index (χ3v) is 6.29. The first-order chi connectivity index (χ1) is 15.2. The fourth-order valence-corrected chi connectivity index (χ4v) is 4.63. The molecule has 5 rings (SSSR count). The van der Waals surface area contributed by atoms with Gasteiger partial charge in [-0.3, -0.25) is 15.0 Å². The smallest absolute Gasteiger partial charge is 0.264 e. The second-order valence-electron chi connectivity index (χ2n) is 7.72. The number of nitrogens with one attached hydrogen (secondary N) is 1. The number of amides is 1. The summed E-state index contributed by atoms with van der Waals surface area (Å²) in [6.45, 7) is 2.70. The summed E-state index contributed by atoms with van der Waals surface area (Å²) in [6.07, 6.45) is 1.07. The van der Waals surface area contributed by atoms with Gasteiger partial charge in [-0.15, -0.1) is 11.3 Å². The summed E-state index contributed by atoms with van der Waals surface area (Å²) in [7, 11) is 0. The third-order valence-electron chi connectivity index (χ3n) is 5.48. The fraction of sp³-hybridized carbons (Fsp3) is 0.200. The number of aromatic nitrogens is 1. The molecule has 1 aromatic heterocycles. The highest BCUT2D eigenvalue weighted by atomic mass is 32.1. The van der Waals surface area contributed by atoms with Gasteiger partial charge in [0.2, 0.25) is 0 Å². The summed E-state index contributed by atoms with van der Waals surface area (Å²) in [5.74, 6) is 0.472. The third kappa shape index (κ3) is 4.76. The molecule has 4 aromatic rings. The van der Waals surface area contributed by atoms with Crippen molar-refractivity contribution in [2.75, 3.05) is 18.5 Å². The van der Waals surface area contributed by atoms with E-state index in [1.807, 2.05) is 41.8 Å². The van der Waals surface area contributed by atoms with Crippen molar-refractivity contribution in [3.63, 3.8) is 0 Å². The Morgan fingerprint density at radius 2 is 1.84 bits per heavy atom. The molecule has 0 saturated heterocycles. The molecule has 1 aliphatic rings. The van der Waals surface area contributed by atoms with Crippen LogP contribution >= 0.6 is 11.3 Å². The van der Waals surface area contributed by atoms with E-state index in [-0.39, 0.29) is 12.5 Å². The summed E-state index contributed by atoms with van der Waals surface area (Å²) in [4.78, 5) is 19.3. The van der Waals surface area contributed by atoms with Crippen molar-refractivity contribution < 1.29 is 9.53 Å². The number of fused-ring (bicyclic) bond motifs is 2. The Morgan fingerprint density at radius 1 is 1.03 bits per heavy atom. The van der Waals surface area contributed by atoms with Gasteiger partial charge in [-0.1, -0.05) is 54.6 Å². The molecule has 6 heteroatoms. The lowest BCUT2D eigenvalue weighted by atomic mass is 10.00. The predicted molar refractivity (Wildman–Crippen MR) is 124 cm³/mol. The van der Waals surface area contributed by atoms with Crippen molar-refractivity contribution in [2.45, 2.75) is 19.5 Å². The molecule has 1 amide bonds. The van der Waals surface area contributed by atoms with Gasteiger partial charge in [-0.2, -0.15) is 0 Å². The minimum absolute atomic E-state index is 0.0455. The zero-order chi connectivity index (χ0) is 21.0. The van der Waals surface area contributed by atoms with E-state index in [2.05, 4.69) is 45.5 Å². The van der Waals surface area contributed by atoms with Crippen LogP contribution in [0.25, 0.3) is 10.8 Å². The number of benzene rings is 3. The second kappa shape index (κ2) is 8.88. The Morgan fingerprint density at radius 3 is 2.74 bits per heavy atom. The number of nitrogens with zero attached hydrogens (tertiary/aromatic N) is 2. The summed E-state index contributed by atoms with van der Waals surface area (Å²) in [5.41, 5.74) is 3.81. The van der Waals surface area contributed by atoms with Crippen LogP contribution < -0.4 is 10.1 Å². The molecule has 2 heterocycles. The molecule has 3 aromatic carbocycles. The van der Waals surface area contributed by atoms with Crippen LogP contribution in [0.15, 0.2) is 72.1 Å². The molecule has 1 N–H and O–H groups in total. The fourth-order valence-electron chi connectivity index (χ4n) is 3.92. The topological polar surface area (TPSA) is 54.5 Å². The van der Waals surface area contributed by atoms with Gasteiger partial charge in [0.15, 0.2) is 11.7 Å². The highest BCUT2D eigenvalue weighted by Crippen LogP contribution is 2.23. The average molecular weight is 430 g/mol. The highest BCUT2D eigenvalue weighted by molar-refractivity contribution is 7.13. The van der Waals surface area contributed by atoms with E-state index in [1.54, 1.807) is 0 Å². The summed E-state index contributed by atoms with van der Waals surface area (Å²) < 4.78 is 5.67. The second-order valence-corrected chi connectivity index (χ2v) is 8.58. The average Bonchev–Trinajstić information content (AvgIpc) is 3.24. The Labute approximate surface area is 185 Å². The number of thiazole rings is 1. The summed E-state index contributed by atoms with van der Waals surface area (Å²) >= 11 is 1.45. The maximum absolute atomic E-state index is 12.3. The predicted octanol–water partition coefficient (Wildman–Crippen LogP) is 4.87. The van der Waals surface area contributed by atoms with Crippen molar-refractivity contribution in [3.05, 3.63) is 88.9 Å². The Bertz CT molecular complexity index is 1220. The van der Waals surface area contributed by atoms with E-state index in [1.165, 1.54) is 22.5 Å². The van der Waals surface area contributed by atoms with Gasteiger partial charge in [0.1, 0.15) is 5.75 Å². The van der Waals surface area contributed by atoms with E-state index in [0.29, 0.717) is 10.9 Å². The van der Waals surface area contributed by atoms with Crippen LogP contribution in [0.4, 0.5) is 5.13 Å². The molecular formula is C25H23N3O2S. The van der Waals surface area contributed by atoms with Gasteiger partial charge in [0.05, 0.1) is 5.69 Å². The van der Waals surface area contributed by atoms with Crippen molar-refractivity contribution >= 4 is 33.1 Å². The van der Waals surface area contributed by atoms with Gasteiger partial charge in [0.25, 0.3) is 5.91 Å². The minimum atomic E-state index is -0.207. The van der Waals surface area contributed by atoms with Gasteiger partial charge in [-0.25, -0.2) is 4.98 Å². The van der Waals surface area contributed by atoms with E-state index in [4.69, 9.17) is 4.74 Å². The molecule has 0 spiro atoms. The number of hydrogen-bond donors (Lipinski definition) is 1. The number of carbonyl (C=O) groups excluding carboxylic acids is 1. The van der Waals surface area contributed by atoms with E-state index < -0.39 is 0 Å². The Balaban J connectivity index is 1.13. The Hall–Kier alpha value is -3.22. The first-order valence-corrected chi connectivity index (χ1v) is 11.3. The number of carbonyl (C=O) groups is 1. The number of rotatable bonds is 6. The molecule has 31 heavy (non-hydrogen) atoms. The number of hydrogen-bond acceptors (Lipinski definition) is 5. The van der Waals surface area contributed by atoms with Crippen molar-refractivity contribution in [1.29, 1.82) is 0 Å². The van der Waals surface area contributed by atoms with Crippen LogP contribution in [0.2, 0.25) is 0 Å². The largest absolute Gasteiger partial charge is 0.484 e. The molecule has 156 valence electrons. The van der Waals surface area contributed by atoms with Crippen molar-refractivity contribution in [1.82, 2.24) is 9.88 Å². The van der Waals surface area contributed by atoms with Crippen LogP contribution in [0, 0.1) is 0 Å². The van der Waals surface area contributed by atoms with Gasteiger partial charge < -0.3 is 4.74 Å². The van der Waals surface area contributed by atoms with E-state index >= 15 is 0 Å². The lowest BCUT2D eigenvalue weighted by Gasteiger charge is -2.27. The zero-order valence-electron chi connectivity index (χ0n) is 17.1. The molecule has 0 radical (unpaired) electrons. The van der Waals surface area contributed by atoms with E-state index in [0.717, 1.165) is 42.5 Å². The molecule has 5 nitrogen and oxygen atoms in total. The lowest BCUT2D eigenvalue weighted by Crippen LogP contribution is -2.30. The van der Waals surface area contributed by atoms with Crippen LogP contribution in [-0.2, 0) is 24.3 Å². The van der Waals surface area contributed by atoms with Crippen LogP contribution in [0.5, 0.6) is 5.75 Å². The number of ether oxygens (including phenoxy) is 1. The van der Waals surface area contributed by atoms with E-state index in [9.17, 15) is 4.79 Å². The van der Waals surface area contributed by atoms with Crippen molar-refractivity contribution in [2.24, 2.45) is 0 Å². The molecule has 0 bridgehead atoms. The van der Waals surface area contributed by atoms with Gasteiger partial charge >= 0.3 is 0 Å². The lowest BCUT2D eigenvalue weighted by molar-refractivity contribution is -0.118. The van der Waals surface area contributed by atoms with Gasteiger partial charge in [0, 0.05) is 25.0 Å². The normalized spacial score (nSPS) is 13.7. The standard InChI is InChI=1S/C25H23N3O2S/c29-24(16-30-23-10-9-18-5-1-3-7-20(18)13-23)27-25-26-22(17-31-25)15-28-12-11-19-6-2-4-8-21(19)14-28/h1-10,13,17H,11-12,14-16H2,(H,26,27,29). The van der Waals surface area contributed by atoms with Crippen molar-refractivity contribution in [3.8, 4) is 5.75 Å². The summed E-state index contributed by atoms with van der Waals surface area (Å²) in [6, 6.07) is 22.5. The highest BCUT2D eigenvalue weighted by Gasteiger charge is 2.17. The molecule has 0 aliphatic carbocycles. The monoisotopic (exact) mass is 429 g/mol. The minimum Gasteiger partial charge on any atom is -0.484 e. The van der Waals surface area contributed by atoms with Gasteiger partial charge in [-0.05, 0) is 40.5 Å². The number of anilines is 1. The van der Waals surface area contributed by atoms with Crippen LogP contribution in [-0.4, -0.2) is 28.9 Å². The molecule has 0 saturated carbocycles. The first kappa shape index (κ1) is 19.7. The maximum Gasteiger partial charge on any atom is 0.264 e. The molecular weight excluding hydrogens is 406 g/mol. The zero-order valence-corrected chi connectivity index (χ0v) is 17.9. The first-order valence-electron chi connectivity index (χ1n) is 10.4. The molecule has 0 unspecified atom stereocenters.